The highest BCUT2D eigenvalue weighted by atomic mass is 16.5. The molecule has 1 aliphatic rings. The molecule has 8 heteroatoms. The number of urea groups is 1. The molecule has 0 bridgehead atoms. The van der Waals surface area contributed by atoms with E-state index in [4.69, 9.17) is 4.74 Å². The zero-order valence-corrected chi connectivity index (χ0v) is 21.1. The van der Waals surface area contributed by atoms with Gasteiger partial charge >= 0.3 is 12.0 Å². The second-order valence-electron chi connectivity index (χ2n) is 9.03. The molecule has 37 heavy (non-hydrogen) atoms. The van der Waals surface area contributed by atoms with Crippen LogP contribution in [0.25, 0.3) is 0 Å². The molecule has 0 aromatic heterocycles. The molecule has 4 rings (SSSR count). The zero-order valence-electron chi connectivity index (χ0n) is 21.1. The molecule has 1 atom stereocenters. The van der Waals surface area contributed by atoms with E-state index in [1.54, 1.807) is 31.2 Å². The predicted octanol–water partition coefficient (Wildman–Crippen LogP) is 4.75. The normalized spacial score (nSPS) is 14.6. The number of amides is 3. The van der Waals surface area contributed by atoms with E-state index < -0.39 is 0 Å². The van der Waals surface area contributed by atoms with Gasteiger partial charge in [-0.25, -0.2) is 9.59 Å². The lowest BCUT2D eigenvalue weighted by Gasteiger charge is -2.19. The first-order chi connectivity index (χ1) is 17.9. The maximum atomic E-state index is 12.6. The second-order valence-corrected chi connectivity index (χ2v) is 9.03. The summed E-state index contributed by atoms with van der Waals surface area (Å²) in [5, 5.41) is 8.76. The summed E-state index contributed by atoms with van der Waals surface area (Å²) in [6, 6.07) is 21.9. The van der Waals surface area contributed by atoms with E-state index in [-0.39, 0.29) is 30.4 Å². The van der Waals surface area contributed by atoms with Gasteiger partial charge in [-0.05, 0) is 73.9 Å². The third-order valence-corrected chi connectivity index (χ3v) is 6.27. The first kappa shape index (κ1) is 25.8. The number of ether oxygens (including phenoxy) is 1. The Labute approximate surface area is 217 Å². The van der Waals surface area contributed by atoms with Crippen LogP contribution < -0.4 is 20.9 Å². The van der Waals surface area contributed by atoms with Crippen molar-refractivity contribution in [3.8, 4) is 0 Å². The molecule has 0 saturated carbocycles. The largest absolute Gasteiger partial charge is 0.462 e. The lowest BCUT2D eigenvalue weighted by molar-refractivity contribution is -0.121. The highest BCUT2D eigenvalue weighted by molar-refractivity contribution is 6.00. The van der Waals surface area contributed by atoms with Crippen LogP contribution in [0.4, 0.5) is 21.9 Å². The van der Waals surface area contributed by atoms with E-state index in [9.17, 15) is 14.4 Å². The van der Waals surface area contributed by atoms with Crippen molar-refractivity contribution in [1.82, 2.24) is 5.32 Å². The molecule has 3 aromatic rings. The first-order valence-electron chi connectivity index (χ1n) is 12.5. The van der Waals surface area contributed by atoms with Crippen molar-refractivity contribution in [1.29, 1.82) is 0 Å². The third-order valence-electron chi connectivity index (χ3n) is 6.27. The van der Waals surface area contributed by atoms with Crippen LogP contribution in [0, 0.1) is 6.92 Å². The molecule has 1 heterocycles. The summed E-state index contributed by atoms with van der Waals surface area (Å²) in [5.41, 5.74) is 4.80. The van der Waals surface area contributed by atoms with Crippen LogP contribution in [-0.4, -0.2) is 43.6 Å². The van der Waals surface area contributed by atoms with Crippen LogP contribution >= 0.6 is 0 Å². The summed E-state index contributed by atoms with van der Waals surface area (Å²) in [4.78, 5) is 38.9. The van der Waals surface area contributed by atoms with Crippen molar-refractivity contribution >= 4 is 35.0 Å². The molecule has 192 valence electrons. The molecular weight excluding hydrogens is 468 g/mol. The van der Waals surface area contributed by atoms with Gasteiger partial charge in [0.05, 0.1) is 18.6 Å². The first-order valence-corrected chi connectivity index (χ1v) is 12.5. The Morgan fingerprint density at radius 2 is 1.68 bits per heavy atom. The number of nitrogens with zero attached hydrogens (tertiary/aromatic N) is 1. The fourth-order valence-corrected chi connectivity index (χ4v) is 4.30. The Kier molecular flexibility index (Phi) is 8.40. The number of para-hydroxylation sites is 1. The lowest BCUT2D eigenvalue weighted by atomic mass is 10.1. The fourth-order valence-electron chi connectivity index (χ4n) is 4.30. The Morgan fingerprint density at radius 1 is 0.946 bits per heavy atom. The summed E-state index contributed by atoms with van der Waals surface area (Å²) in [7, 11) is 0. The molecule has 1 saturated heterocycles. The summed E-state index contributed by atoms with van der Waals surface area (Å²) in [5.74, 6) is -0.363. The molecule has 8 nitrogen and oxygen atoms in total. The van der Waals surface area contributed by atoms with Crippen LogP contribution in [0.2, 0.25) is 0 Å². The summed E-state index contributed by atoms with van der Waals surface area (Å²) in [6.45, 7) is 5.61. The predicted molar refractivity (Wildman–Crippen MR) is 145 cm³/mol. The van der Waals surface area contributed by atoms with E-state index in [1.807, 2.05) is 55.5 Å². The maximum absolute atomic E-state index is 12.6. The van der Waals surface area contributed by atoms with Crippen LogP contribution in [0.3, 0.4) is 0 Å². The van der Waals surface area contributed by atoms with Gasteiger partial charge in [-0.15, -0.1) is 0 Å². The van der Waals surface area contributed by atoms with Crippen molar-refractivity contribution in [3.05, 3.63) is 89.5 Å². The summed E-state index contributed by atoms with van der Waals surface area (Å²) in [6.07, 6.45) is 1.12. The smallest absolute Gasteiger partial charge is 0.338 e. The van der Waals surface area contributed by atoms with Crippen molar-refractivity contribution in [3.63, 3.8) is 0 Å². The second kappa shape index (κ2) is 12.1. The van der Waals surface area contributed by atoms with Crippen molar-refractivity contribution in [2.75, 3.05) is 35.2 Å². The summed E-state index contributed by atoms with van der Waals surface area (Å²) < 4.78 is 5.03. The minimum Gasteiger partial charge on any atom is -0.462 e. The fraction of sp³-hybridized carbons (Fsp3) is 0.276. The molecule has 0 spiro atoms. The SMILES string of the molecule is CCOC(=O)c1ccc(N2CCC(NC(=O)Cc3ccc(NC(=O)Nc4ccccc4C)cc3)C2)cc1. The van der Waals surface area contributed by atoms with Gasteiger partial charge in [0.1, 0.15) is 0 Å². The van der Waals surface area contributed by atoms with Gasteiger partial charge in [0, 0.05) is 36.2 Å². The van der Waals surface area contributed by atoms with Gasteiger partial charge in [0.25, 0.3) is 0 Å². The number of anilines is 3. The number of carbonyl (C=O) groups is 3. The number of hydrogen-bond acceptors (Lipinski definition) is 5. The monoisotopic (exact) mass is 500 g/mol. The van der Waals surface area contributed by atoms with Gasteiger partial charge in [-0.3, -0.25) is 4.79 Å². The molecule has 0 aliphatic carbocycles. The van der Waals surface area contributed by atoms with Crippen molar-refractivity contribution < 1.29 is 19.1 Å². The quantitative estimate of drug-likeness (QED) is 0.388. The highest BCUT2D eigenvalue weighted by Crippen LogP contribution is 2.21. The van der Waals surface area contributed by atoms with Gasteiger partial charge in [-0.1, -0.05) is 30.3 Å². The Morgan fingerprint density at radius 3 is 2.38 bits per heavy atom. The van der Waals surface area contributed by atoms with E-state index in [2.05, 4.69) is 20.9 Å². The van der Waals surface area contributed by atoms with Crippen LogP contribution in [-0.2, 0) is 16.0 Å². The Balaban J connectivity index is 1.23. The highest BCUT2D eigenvalue weighted by Gasteiger charge is 2.24. The number of nitrogens with one attached hydrogen (secondary N) is 3. The van der Waals surface area contributed by atoms with E-state index in [0.29, 0.717) is 24.4 Å². The average Bonchev–Trinajstić information content (AvgIpc) is 3.35. The molecule has 1 fully saturated rings. The molecular formula is C29H32N4O4. The van der Waals surface area contributed by atoms with Crippen LogP contribution in [0.15, 0.2) is 72.8 Å². The summed E-state index contributed by atoms with van der Waals surface area (Å²) >= 11 is 0. The van der Waals surface area contributed by atoms with Gasteiger partial charge < -0.3 is 25.6 Å². The van der Waals surface area contributed by atoms with Gasteiger partial charge in [-0.2, -0.15) is 0 Å². The van der Waals surface area contributed by atoms with E-state index in [1.165, 1.54) is 0 Å². The maximum Gasteiger partial charge on any atom is 0.338 e. The zero-order chi connectivity index (χ0) is 26.2. The standard InChI is InChI=1S/C29H32N4O4/c1-3-37-28(35)22-10-14-25(15-11-22)33-17-16-24(19-33)30-27(34)18-21-8-12-23(13-9-21)31-29(36)32-26-7-5-4-6-20(26)2/h4-15,24H,3,16-19H2,1-2H3,(H,30,34)(H2,31,32,36). The topological polar surface area (TPSA) is 99.8 Å². The number of rotatable bonds is 8. The van der Waals surface area contributed by atoms with E-state index >= 15 is 0 Å². The number of carbonyl (C=O) groups excluding carboxylic acids is 3. The van der Waals surface area contributed by atoms with E-state index in [0.717, 1.165) is 35.5 Å². The molecule has 1 unspecified atom stereocenters. The van der Waals surface area contributed by atoms with Crippen LogP contribution in [0.5, 0.6) is 0 Å². The Bertz CT molecular complexity index is 1240. The number of aryl methyl sites for hydroxylation is 1. The minimum atomic E-state index is -0.324. The third kappa shape index (κ3) is 7.10. The molecule has 3 N–H and O–H groups in total. The molecule has 0 radical (unpaired) electrons. The molecule has 1 aliphatic heterocycles. The number of hydrogen-bond donors (Lipinski definition) is 3. The average molecular weight is 501 g/mol. The Hall–Kier alpha value is -4.33. The van der Waals surface area contributed by atoms with Crippen LogP contribution in [0.1, 0.15) is 34.8 Å². The number of esters is 1. The number of benzene rings is 3. The van der Waals surface area contributed by atoms with Crippen molar-refractivity contribution in [2.45, 2.75) is 32.7 Å². The lowest BCUT2D eigenvalue weighted by Crippen LogP contribution is -2.37. The molecule has 3 aromatic carbocycles. The molecule has 3 amide bonds. The van der Waals surface area contributed by atoms with Gasteiger partial charge in [0.2, 0.25) is 5.91 Å². The minimum absolute atomic E-state index is 0.0393. The van der Waals surface area contributed by atoms with Crippen molar-refractivity contribution in [2.24, 2.45) is 0 Å². The van der Waals surface area contributed by atoms with Gasteiger partial charge in [0.15, 0.2) is 0 Å².